The zero-order valence-corrected chi connectivity index (χ0v) is 15.3. The number of para-hydroxylation sites is 1. The van der Waals surface area contributed by atoms with E-state index in [1.807, 2.05) is 38.1 Å². The van der Waals surface area contributed by atoms with E-state index in [1.165, 1.54) is 0 Å². The molecule has 0 bridgehead atoms. The maximum absolute atomic E-state index is 12.0. The summed E-state index contributed by atoms with van der Waals surface area (Å²) in [6, 6.07) is 9.50. The smallest absolute Gasteiger partial charge is 0.243 e. The van der Waals surface area contributed by atoms with Gasteiger partial charge in [0, 0.05) is 11.5 Å². The van der Waals surface area contributed by atoms with Crippen molar-refractivity contribution in [3.8, 4) is 11.6 Å². The Balaban J connectivity index is 2.15. The quantitative estimate of drug-likeness (QED) is 0.723. The third-order valence-electron chi connectivity index (χ3n) is 3.88. The largest absolute Gasteiger partial charge is 0.494 e. The summed E-state index contributed by atoms with van der Waals surface area (Å²) in [6.45, 7) is 5.47. The van der Waals surface area contributed by atoms with Crippen LogP contribution in [0.4, 0.5) is 5.82 Å². The minimum atomic E-state index is -0.643. The predicted molar refractivity (Wildman–Crippen MR) is 98.8 cm³/mol. The highest BCUT2D eigenvalue weighted by molar-refractivity contribution is 6.32. The van der Waals surface area contributed by atoms with Crippen LogP contribution in [0.2, 0.25) is 0 Å². The predicted octanol–water partition coefficient (Wildman–Crippen LogP) is 3.61. The number of rotatable bonds is 4. The fourth-order valence-corrected chi connectivity index (χ4v) is 2.69. The van der Waals surface area contributed by atoms with E-state index < -0.39 is 5.38 Å². The lowest BCUT2D eigenvalue weighted by molar-refractivity contribution is -0.115. The molecule has 0 aliphatic rings. The Morgan fingerprint density at radius 2 is 2.08 bits per heavy atom. The molecular weight excluding hydrogens is 340 g/mol. The molecule has 1 amide bonds. The fourth-order valence-electron chi connectivity index (χ4n) is 2.64. The number of alkyl halides is 1. The number of carbonyl (C=O) groups excluding carboxylic acids is 1. The Bertz CT molecular complexity index is 950. The molecular formula is C18H19ClN4O2. The molecule has 1 atom stereocenters. The first-order chi connectivity index (χ1) is 11.9. The number of nitrogens with zero attached hydrogens (tertiary/aromatic N) is 3. The van der Waals surface area contributed by atoms with Crippen LogP contribution >= 0.6 is 11.6 Å². The molecule has 3 rings (SSSR count). The second-order valence-corrected chi connectivity index (χ2v) is 6.50. The van der Waals surface area contributed by atoms with Crippen LogP contribution in [-0.2, 0) is 4.79 Å². The molecule has 25 heavy (non-hydrogen) atoms. The van der Waals surface area contributed by atoms with Crippen LogP contribution in [-0.4, -0.2) is 33.2 Å². The van der Waals surface area contributed by atoms with Gasteiger partial charge in [0.2, 0.25) is 5.91 Å². The van der Waals surface area contributed by atoms with Gasteiger partial charge in [0.1, 0.15) is 22.5 Å². The molecule has 0 radical (unpaired) electrons. The van der Waals surface area contributed by atoms with Crippen molar-refractivity contribution in [3.05, 3.63) is 41.6 Å². The van der Waals surface area contributed by atoms with Crippen LogP contribution in [0.5, 0.6) is 5.75 Å². The highest BCUT2D eigenvalue weighted by Gasteiger charge is 2.16. The minimum Gasteiger partial charge on any atom is -0.494 e. The summed E-state index contributed by atoms with van der Waals surface area (Å²) in [5, 5.41) is 7.60. The Morgan fingerprint density at radius 3 is 2.76 bits per heavy atom. The van der Waals surface area contributed by atoms with E-state index in [9.17, 15) is 4.79 Å². The van der Waals surface area contributed by atoms with Crippen molar-refractivity contribution in [1.29, 1.82) is 0 Å². The van der Waals surface area contributed by atoms with Crippen LogP contribution in [0, 0.1) is 13.8 Å². The molecule has 0 aliphatic heterocycles. The van der Waals surface area contributed by atoms with Crippen molar-refractivity contribution in [1.82, 2.24) is 14.8 Å². The van der Waals surface area contributed by atoms with E-state index in [1.54, 1.807) is 24.8 Å². The molecule has 130 valence electrons. The van der Waals surface area contributed by atoms with Crippen LogP contribution in [0.3, 0.4) is 0 Å². The number of anilines is 1. The number of fused-ring (bicyclic) bond motifs is 1. The number of ether oxygens (including phenoxy) is 1. The van der Waals surface area contributed by atoms with Crippen LogP contribution in [0.25, 0.3) is 16.7 Å². The summed E-state index contributed by atoms with van der Waals surface area (Å²) in [4.78, 5) is 16.7. The average Bonchev–Trinajstić information content (AvgIpc) is 2.94. The lowest BCUT2D eigenvalue weighted by Crippen LogP contribution is -2.22. The summed E-state index contributed by atoms with van der Waals surface area (Å²) in [6.07, 6.45) is 0. The zero-order chi connectivity index (χ0) is 18.1. The molecule has 2 heterocycles. The maximum atomic E-state index is 12.0. The van der Waals surface area contributed by atoms with E-state index in [-0.39, 0.29) is 5.91 Å². The average molecular weight is 359 g/mol. The Hall–Kier alpha value is -2.60. The summed E-state index contributed by atoms with van der Waals surface area (Å²) in [7, 11) is 1.62. The number of hydrogen-bond donors (Lipinski definition) is 1. The van der Waals surface area contributed by atoms with Crippen LogP contribution in [0.15, 0.2) is 30.3 Å². The summed E-state index contributed by atoms with van der Waals surface area (Å²) >= 11 is 5.85. The summed E-state index contributed by atoms with van der Waals surface area (Å²) in [5.74, 6) is 1.51. The molecule has 0 saturated carbocycles. The van der Waals surface area contributed by atoms with Crippen molar-refractivity contribution in [2.24, 2.45) is 0 Å². The lowest BCUT2D eigenvalue weighted by atomic mass is 10.1. The monoisotopic (exact) mass is 358 g/mol. The number of nitrogens with one attached hydrogen (secondary N) is 1. The number of benzene rings is 1. The molecule has 2 aromatic heterocycles. The Labute approximate surface area is 150 Å². The molecule has 0 saturated heterocycles. The Kier molecular flexibility index (Phi) is 4.63. The van der Waals surface area contributed by atoms with Gasteiger partial charge in [-0.1, -0.05) is 12.1 Å². The molecule has 0 fully saturated rings. The molecule has 1 N–H and O–H groups in total. The van der Waals surface area contributed by atoms with Crippen molar-refractivity contribution in [2.45, 2.75) is 26.1 Å². The molecule has 0 spiro atoms. The van der Waals surface area contributed by atoms with E-state index >= 15 is 0 Å². The van der Waals surface area contributed by atoms with Gasteiger partial charge in [-0.2, -0.15) is 9.78 Å². The lowest BCUT2D eigenvalue weighted by Gasteiger charge is -2.12. The topological polar surface area (TPSA) is 69.0 Å². The van der Waals surface area contributed by atoms with Gasteiger partial charge in [-0.25, -0.2) is 4.98 Å². The summed E-state index contributed by atoms with van der Waals surface area (Å²) < 4.78 is 7.03. The first-order valence-electron chi connectivity index (χ1n) is 7.87. The highest BCUT2D eigenvalue weighted by atomic mass is 35.5. The van der Waals surface area contributed by atoms with Crippen molar-refractivity contribution in [3.63, 3.8) is 0 Å². The molecule has 7 heteroatoms. The van der Waals surface area contributed by atoms with Gasteiger partial charge >= 0.3 is 0 Å². The molecule has 1 aromatic carbocycles. The number of amides is 1. The maximum Gasteiger partial charge on any atom is 0.243 e. The van der Waals surface area contributed by atoms with Crippen LogP contribution < -0.4 is 10.1 Å². The van der Waals surface area contributed by atoms with Gasteiger partial charge in [-0.3, -0.25) is 4.79 Å². The van der Waals surface area contributed by atoms with Crippen molar-refractivity contribution < 1.29 is 9.53 Å². The second kappa shape index (κ2) is 6.72. The molecule has 1 unspecified atom stereocenters. The van der Waals surface area contributed by atoms with Crippen LogP contribution in [0.1, 0.15) is 18.2 Å². The number of halogens is 1. The minimum absolute atomic E-state index is 0.294. The summed E-state index contributed by atoms with van der Waals surface area (Å²) in [5.41, 5.74) is 2.54. The van der Waals surface area contributed by atoms with Gasteiger partial charge in [-0.05, 0) is 38.5 Å². The second-order valence-electron chi connectivity index (χ2n) is 5.84. The number of carbonyl (C=O) groups is 1. The van der Waals surface area contributed by atoms with Gasteiger partial charge in [0.15, 0.2) is 5.82 Å². The Morgan fingerprint density at radius 1 is 1.32 bits per heavy atom. The van der Waals surface area contributed by atoms with Gasteiger partial charge in [-0.15, -0.1) is 11.6 Å². The number of pyridine rings is 1. The first-order valence-corrected chi connectivity index (χ1v) is 8.30. The number of aryl methyl sites for hydroxylation is 2. The fraction of sp³-hybridized carbons (Fsp3) is 0.278. The molecule has 6 nitrogen and oxygen atoms in total. The number of hydrogen-bond acceptors (Lipinski definition) is 4. The van der Waals surface area contributed by atoms with E-state index in [0.717, 1.165) is 22.2 Å². The van der Waals surface area contributed by atoms with Gasteiger partial charge < -0.3 is 10.1 Å². The molecule has 0 aliphatic carbocycles. The SMILES string of the molecule is COc1cccc2c(C)cc(-n3nc(C)cc3NC(=O)C(C)Cl)nc12. The highest BCUT2D eigenvalue weighted by Crippen LogP contribution is 2.28. The van der Waals surface area contributed by atoms with Gasteiger partial charge in [0.25, 0.3) is 0 Å². The normalized spacial score (nSPS) is 12.2. The number of methoxy groups -OCH3 is 1. The van der Waals surface area contributed by atoms with Crippen molar-refractivity contribution in [2.75, 3.05) is 12.4 Å². The first kappa shape index (κ1) is 17.2. The standard InChI is InChI=1S/C18H19ClN4O2/c1-10-8-15(20-17-13(10)6-5-7-14(17)25-4)23-16(9-11(2)22-23)21-18(24)12(3)19/h5-9,12H,1-4H3,(H,21,24). The number of aromatic nitrogens is 3. The van der Waals surface area contributed by atoms with E-state index in [4.69, 9.17) is 21.3 Å². The zero-order valence-electron chi connectivity index (χ0n) is 14.5. The third kappa shape index (κ3) is 3.30. The third-order valence-corrected chi connectivity index (χ3v) is 4.08. The van der Waals surface area contributed by atoms with Crippen molar-refractivity contribution >= 4 is 34.2 Å². The van der Waals surface area contributed by atoms with Gasteiger partial charge in [0.05, 0.1) is 12.8 Å². The molecule has 3 aromatic rings. The van der Waals surface area contributed by atoms with E-state index in [0.29, 0.717) is 17.4 Å². The van der Waals surface area contributed by atoms with E-state index in [2.05, 4.69) is 10.4 Å².